The maximum Gasteiger partial charge on any atom is 0.332 e. The van der Waals surface area contributed by atoms with Crippen LogP contribution < -0.4 is 20.7 Å². The molecule has 0 atom stereocenters. The van der Waals surface area contributed by atoms with Crippen LogP contribution in [-0.2, 0) is 29.2 Å². The SMILES string of the molecule is CCn1c(=O)c2c(nc(/C=C/c3ccc(OC)c(OC)c3)n2CC(=O)OC)n(CC)c1=O. The highest BCUT2D eigenvalue weighted by Crippen LogP contribution is 2.28. The maximum atomic E-state index is 13.1. The fourth-order valence-corrected chi connectivity index (χ4v) is 3.48. The number of esters is 1. The molecule has 0 spiro atoms. The topological polar surface area (TPSA) is 107 Å². The van der Waals surface area contributed by atoms with Gasteiger partial charge in [0.25, 0.3) is 5.56 Å². The van der Waals surface area contributed by atoms with Crippen molar-refractivity contribution in [3.63, 3.8) is 0 Å². The molecule has 0 saturated heterocycles. The van der Waals surface area contributed by atoms with Gasteiger partial charge in [0.1, 0.15) is 12.4 Å². The summed E-state index contributed by atoms with van der Waals surface area (Å²) in [5.41, 5.74) is 0.247. The number of hydrogen-bond acceptors (Lipinski definition) is 7. The van der Waals surface area contributed by atoms with E-state index in [1.807, 2.05) is 6.07 Å². The molecule has 10 heteroatoms. The van der Waals surface area contributed by atoms with E-state index in [9.17, 15) is 14.4 Å². The Morgan fingerprint density at radius 1 is 0.969 bits per heavy atom. The smallest absolute Gasteiger partial charge is 0.332 e. The van der Waals surface area contributed by atoms with E-state index >= 15 is 0 Å². The van der Waals surface area contributed by atoms with E-state index in [-0.39, 0.29) is 24.3 Å². The van der Waals surface area contributed by atoms with Gasteiger partial charge in [-0.25, -0.2) is 9.78 Å². The van der Waals surface area contributed by atoms with Gasteiger partial charge in [0.05, 0.1) is 21.3 Å². The molecule has 2 aromatic heterocycles. The second kappa shape index (κ2) is 9.54. The highest BCUT2D eigenvalue weighted by Gasteiger charge is 2.21. The van der Waals surface area contributed by atoms with Gasteiger partial charge in [-0.15, -0.1) is 0 Å². The van der Waals surface area contributed by atoms with Crippen molar-refractivity contribution in [2.75, 3.05) is 21.3 Å². The fourth-order valence-electron chi connectivity index (χ4n) is 3.48. The lowest BCUT2D eigenvalue weighted by atomic mass is 10.2. The number of hydrogen-bond donors (Lipinski definition) is 0. The molecule has 1 aromatic carbocycles. The quantitative estimate of drug-likeness (QED) is 0.489. The summed E-state index contributed by atoms with van der Waals surface area (Å²) in [7, 11) is 4.37. The first-order chi connectivity index (χ1) is 15.4. The molecular weight excluding hydrogens is 416 g/mol. The van der Waals surface area contributed by atoms with Gasteiger partial charge in [-0.2, -0.15) is 0 Å². The molecule has 2 heterocycles. The van der Waals surface area contributed by atoms with Crippen molar-refractivity contribution < 1.29 is 19.0 Å². The van der Waals surface area contributed by atoms with Crippen molar-refractivity contribution >= 4 is 29.3 Å². The Kier molecular flexibility index (Phi) is 6.82. The average molecular weight is 442 g/mol. The zero-order valence-electron chi connectivity index (χ0n) is 18.7. The van der Waals surface area contributed by atoms with Crippen LogP contribution in [0.5, 0.6) is 11.5 Å². The van der Waals surface area contributed by atoms with Crippen molar-refractivity contribution in [2.45, 2.75) is 33.5 Å². The highest BCUT2D eigenvalue weighted by molar-refractivity contribution is 5.80. The molecule has 0 bridgehead atoms. The molecule has 0 amide bonds. The average Bonchev–Trinajstić information content (AvgIpc) is 3.15. The summed E-state index contributed by atoms with van der Waals surface area (Å²) in [5.74, 6) is 0.951. The number of aryl methyl sites for hydroxylation is 1. The molecule has 0 aliphatic rings. The van der Waals surface area contributed by atoms with E-state index in [0.29, 0.717) is 23.9 Å². The molecular formula is C22H26N4O6. The Bertz CT molecular complexity index is 1300. The van der Waals surface area contributed by atoms with E-state index in [1.54, 1.807) is 52.4 Å². The van der Waals surface area contributed by atoms with Crippen LogP contribution in [0.3, 0.4) is 0 Å². The summed E-state index contributed by atoms with van der Waals surface area (Å²) in [5, 5.41) is 0. The maximum absolute atomic E-state index is 13.1. The van der Waals surface area contributed by atoms with Gasteiger partial charge < -0.3 is 18.8 Å². The number of nitrogens with zero attached hydrogens (tertiary/aromatic N) is 4. The summed E-state index contributed by atoms with van der Waals surface area (Å²) < 4.78 is 19.4. The third-order valence-electron chi connectivity index (χ3n) is 5.12. The normalized spacial score (nSPS) is 11.3. The Balaban J connectivity index is 2.24. The third-order valence-corrected chi connectivity index (χ3v) is 5.12. The minimum absolute atomic E-state index is 0.172. The van der Waals surface area contributed by atoms with Crippen molar-refractivity contribution in [3.8, 4) is 11.5 Å². The van der Waals surface area contributed by atoms with Gasteiger partial charge >= 0.3 is 11.7 Å². The Morgan fingerprint density at radius 2 is 1.66 bits per heavy atom. The van der Waals surface area contributed by atoms with E-state index in [2.05, 4.69) is 4.98 Å². The van der Waals surface area contributed by atoms with E-state index < -0.39 is 17.2 Å². The largest absolute Gasteiger partial charge is 0.493 e. The summed E-state index contributed by atoms with van der Waals surface area (Å²) in [6, 6.07) is 5.39. The highest BCUT2D eigenvalue weighted by atomic mass is 16.5. The summed E-state index contributed by atoms with van der Waals surface area (Å²) in [6.07, 6.45) is 3.44. The summed E-state index contributed by atoms with van der Waals surface area (Å²) in [4.78, 5) is 42.4. The van der Waals surface area contributed by atoms with Crippen LogP contribution in [0.25, 0.3) is 23.3 Å². The zero-order valence-corrected chi connectivity index (χ0v) is 18.7. The molecule has 10 nitrogen and oxygen atoms in total. The molecule has 0 aliphatic heterocycles. The van der Waals surface area contributed by atoms with Gasteiger partial charge in [-0.05, 0) is 37.6 Å². The minimum Gasteiger partial charge on any atom is -0.493 e. The number of carbonyl (C=O) groups is 1. The Hall–Kier alpha value is -3.82. The molecule has 3 aromatic rings. The van der Waals surface area contributed by atoms with Crippen LogP contribution in [0.4, 0.5) is 0 Å². The number of rotatable bonds is 8. The first-order valence-corrected chi connectivity index (χ1v) is 10.1. The zero-order chi connectivity index (χ0) is 23.4. The van der Waals surface area contributed by atoms with Gasteiger partial charge in [-0.3, -0.25) is 18.7 Å². The minimum atomic E-state index is -0.540. The second-order valence-corrected chi connectivity index (χ2v) is 6.83. The molecule has 32 heavy (non-hydrogen) atoms. The van der Waals surface area contributed by atoms with Gasteiger partial charge in [0.2, 0.25) is 0 Å². The predicted molar refractivity (Wildman–Crippen MR) is 120 cm³/mol. The van der Waals surface area contributed by atoms with Crippen LogP contribution in [0.1, 0.15) is 25.2 Å². The molecule has 0 radical (unpaired) electrons. The number of methoxy groups -OCH3 is 3. The standard InChI is InChI=1S/C22H26N4O6/c1-6-24-20-19(21(28)25(7-2)22(24)29)26(13-18(27)32-5)17(23-20)11-9-14-8-10-15(30-3)16(12-14)31-4/h8-12H,6-7,13H2,1-5H3/b11-9+. The van der Waals surface area contributed by atoms with Gasteiger partial charge in [-0.1, -0.05) is 12.1 Å². The van der Waals surface area contributed by atoms with Crippen LogP contribution in [-0.4, -0.2) is 46.0 Å². The van der Waals surface area contributed by atoms with E-state index in [1.165, 1.54) is 16.2 Å². The molecule has 170 valence electrons. The van der Waals surface area contributed by atoms with Crippen LogP contribution >= 0.6 is 0 Å². The van der Waals surface area contributed by atoms with Crippen LogP contribution in [0, 0.1) is 0 Å². The van der Waals surface area contributed by atoms with Gasteiger partial charge in [0, 0.05) is 13.1 Å². The van der Waals surface area contributed by atoms with E-state index in [4.69, 9.17) is 14.2 Å². The Labute approximate surface area is 184 Å². The molecule has 3 rings (SSSR count). The Morgan fingerprint density at radius 3 is 2.25 bits per heavy atom. The predicted octanol–water partition coefficient (Wildman–Crippen LogP) is 1.76. The lowest BCUT2D eigenvalue weighted by Gasteiger charge is -2.09. The number of aromatic nitrogens is 4. The number of carbonyl (C=O) groups excluding carboxylic acids is 1. The van der Waals surface area contributed by atoms with Crippen molar-refractivity contribution in [2.24, 2.45) is 0 Å². The third kappa shape index (κ3) is 4.03. The number of ether oxygens (including phenoxy) is 3. The lowest BCUT2D eigenvalue weighted by molar-refractivity contribution is -0.141. The monoisotopic (exact) mass is 442 g/mol. The summed E-state index contributed by atoms with van der Waals surface area (Å²) in [6.45, 7) is 3.81. The van der Waals surface area contributed by atoms with Crippen molar-refractivity contribution in [3.05, 3.63) is 50.4 Å². The first-order valence-electron chi connectivity index (χ1n) is 10.1. The fraction of sp³-hybridized carbons (Fsp3) is 0.364. The van der Waals surface area contributed by atoms with E-state index in [0.717, 1.165) is 10.1 Å². The molecule has 0 aliphatic carbocycles. The van der Waals surface area contributed by atoms with Crippen molar-refractivity contribution in [1.29, 1.82) is 0 Å². The molecule has 0 saturated carbocycles. The summed E-state index contributed by atoms with van der Waals surface area (Å²) >= 11 is 0. The first kappa shape index (κ1) is 22.9. The number of imidazole rings is 1. The second-order valence-electron chi connectivity index (χ2n) is 6.83. The number of fused-ring (bicyclic) bond motifs is 1. The molecule has 0 fully saturated rings. The molecule has 0 unspecified atom stereocenters. The molecule has 0 N–H and O–H groups in total. The van der Waals surface area contributed by atoms with Gasteiger partial charge in [0.15, 0.2) is 22.7 Å². The van der Waals surface area contributed by atoms with Crippen LogP contribution in [0.2, 0.25) is 0 Å². The number of benzene rings is 1. The lowest BCUT2D eigenvalue weighted by Crippen LogP contribution is -2.40. The van der Waals surface area contributed by atoms with Crippen molar-refractivity contribution in [1.82, 2.24) is 18.7 Å². The van der Waals surface area contributed by atoms with Crippen LogP contribution in [0.15, 0.2) is 27.8 Å².